The summed E-state index contributed by atoms with van der Waals surface area (Å²) in [5, 5.41) is 10.3. The lowest BCUT2D eigenvalue weighted by Crippen LogP contribution is -2.41. The van der Waals surface area contributed by atoms with Crippen molar-refractivity contribution in [2.75, 3.05) is 11.9 Å². The molecule has 1 saturated heterocycles. The van der Waals surface area contributed by atoms with E-state index in [0.717, 1.165) is 21.8 Å². The summed E-state index contributed by atoms with van der Waals surface area (Å²) in [6.07, 6.45) is 0. The molecule has 3 aromatic rings. The van der Waals surface area contributed by atoms with Crippen LogP contribution in [0.3, 0.4) is 0 Å². The summed E-state index contributed by atoms with van der Waals surface area (Å²) in [6, 6.07) is 15.8. The second-order valence-corrected chi connectivity index (χ2v) is 6.93. The summed E-state index contributed by atoms with van der Waals surface area (Å²) < 4.78 is 1.18. The van der Waals surface area contributed by atoms with E-state index >= 15 is 0 Å². The van der Waals surface area contributed by atoms with Crippen LogP contribution >= 0.6 is 11.3 Å². The lowest BCUT2D eigenvalue weighted by molar-refractivity contribution is -0.117. The highest BCUT2D eigenvalue weighted by atomic mass is 32.1. The standard InChI is InChI=1S/C17H17BN4OS/c1-18-19-10-14(22-18)16(23)20-12-8-6-11(7-9-12)17-21-13-4-2-3-5-15(13)24-17/h2-9,14,19,22H,10H2,1H3,(H,20,23). The minimum atomic E-state index is -0.191. The number of para-hydroxylation sites is 1. The van der Waals surface area contributed by atoms with Gasteiger partial charge in [0.2, 0.25) is 5.91 Å². The van der Waals surface area contributed by atoms with Gasteiger partial charge >= 0.3 is 6.98 Å². The molecule has 0 spiro atoms. The number of fused-ring (bicyclic) bond motifs is 1. The molecule has 1 aromatic heterocycles. The maximum atomic E-state index is 12.2. The summed E-state index contributed by atoms with van der Waals surface area (Å²) in [5.74, 6) is -0.0143. The first-order chi connectivity index (χ1) is 11.7. The summed E-state index contributed by atoms with van der Waals surface area (Å²) >= 11 is 1.67. The molecule has 3 N–H and O–H groups in total. The SMILES string of the molecule is CB1NCC(C(=O)Nc2ccc(-c3nc4ccccc4s3)cc2)N1. The number of hydrogen-bond acceptors (Lipinski definition) is 5. The molecule has 2 aromatic carbocycles. The molecule has 4 rings (SSSR count). The van der Waals surface area contributed by atoms with E-state index in [-0.39, 0.29) is 18.9 Å². The average molecular weight is 336 g/mol. The van der Waals surface area contributed by atoms with Crippen molar-refractivity contribution in [1.82, 2.24) is 15.4 Å². The molecule has 1 unspecified atom stereocenters. The van der Waals surface area contributed by atoms with Crippen LogP contribution < -0.4 is 15.8 Å². The fourth-order valence-corrected chi connectivity index (χ4v) is 3.77. The van der Waals surface area contributed by atoms with Crippen LogP contribution in [0.5, 0.6) is 0 Å². The number of nitrogens with zero attached hydrogens (tertiary/aromatic N) is 1. The maximum Gasteiger partial charge on any atom is 0.302 e. The Balaban J connectivity index is 1.49. The molecule has 7 heteroatoms. The highest BCUT2D eigenvalue weighted by Crippen LogP contribution is 2.30. The van der Waals surface area contributed by atoms with Crippen LogP contribution in [-0.2, 0) is 4.79 Å². The number of thiazole rings is 1. The second-order valence-electron chi connectivity index (χ2n) is 5.90. The molecular weight excluding hydrogens is 319 g/mol. The lowest BCUT2D eigenvalue weighted by atomic mass is 9.83. The van der Waals surface area contributed by atoms with E-state index in [2.05, 4.69) is 26.8 Å². The minimum absolute atomic E-state index is 0.0143. The number of hydrogen-bond donors (Lipinski definition) is 3. The molecule has 2 heterocycles. The molecule has 120 valence electrons. The first-order valence-electron chi connectivity index (χ1n) is 7.95. The quantitative estimate of drug-likeness (QED) is 0.643. The van der Waals surface area contributed by atoms with Crippen molar-refractivity contribution in [3.8, 4) is 10.6 Å². The van der Waals surface area contributed by atoms with Crippen molar-refractivity contribution in [1.29, 1.82) is 0 Å². The van der Waals surface area contributed by atoms with Crippen LogP contribution in [0.15, 0.2) is 48.5 Å². The Labute approximate surface area is 144 Å². The van der Waals surface area contributed by atoms with Gasteiger partial charge in [0.05, 0.1) is 16.3 Å². The third-order valence-corrected chi connectivity index (χ3v) is 5.17. The van der Waals surface area contributed by atoms with Crippen LogP contribution in [0.4, 0.5) is 5.69 Å². The molecule has 24 heavy (non-hydrogen) atoms. The van der Waals surface area contributed by atoms with Crippen LogP contribution in [0, 0.1) is 0 Å². The smallest absolute Gasteiger partial charge is 0.302 e. The minimum Gasteiger partial charge on any atom is -0.340 e. The van der Waals surface area contributed by atoms with Crippen molar-refractivity contribution >= 4 is 40.1 Å². The molecule has 1 aliphatic rings. The van der Waals surface area contributed by atoms with Gasteiger partial charge in [-0.05, 0) is 36.4 Å². The zero-order valence-electron chi connectivity index (χ0n) is 13.2. The van der Waals surface area contributed by atoms with Gasteiger partial charge in [0, 0.05) is 17.8 Å². The Bertz CT molecular complexity index is 847. The van der Waals surface area contributed by atoms with E-state index in [1.807, 2.05) is 49.3 Å². The van der Waals surface area contributed by atoms with E-state index < -0.39 is 0 Å². The van der Waals surface area contributed by atoms with Crippen molar-refractivity contribution in [3.05, 3.63) is 48.5 Å². The zero-order chi connectivity index (χ0) is 16.5. The van der Waals surface area contributed by atoms with E-state index in [1.165, 1.54) is 4.70 Å². The lowest BCUT2D eigenvalue weighted by Gasteiger charge is -2.11. The van der Waals surface area contributed by atoms with Crippen LogP contribution in [0.1, 0.15) is 0 Å². The van der Waals surface area contributed by atoms with Crippen LogP contribution in [0.2, 0.25) is 6.82 Å². The van der Waals surface area contributed by atoms with Crippen LogP contribution in [-0.4, -0.2) is 30.5 Å². The van der Waals surface area contributed by atoms with E-state index in [9.17, 15) is 4.79 Å². The third-order valence-electron chi connectivity index (χ3n) is 4.09. The maximum absolute atomic E-state index is 12.2. The number of aromatic nitrogens is 1. The van der Waals surface area contributed by atoms with Crippen molar-refractivity contribution < 1.29 is 4.79 Å². The van der Waals surface area contributed by atoms with Gasteiger partial charge in [-0.1, -0.05) is 19.0 Å². The van der Waals surface area contributed by atoms with E-state index in [4.69, 9.17) is 0 Å². The fraction of sp³-hybridized carbons (Fsp3) is 0.176. The molecule has 5 nitrogen and oxygen atoms in total. The Hall–Kier alpha value is -2.22. The normalized spacial score (nSPS) is 17.4. The average Bonchev–Trinajstić information content (AvgIpc) is 3.21. The summed E-state index contributed by atoms with van der Waals surface area (Å²) in [7, 11) is 0. The molecule has 1 aliphatic heterocycles. The predicted molar refractivity (Wildman–Crippen MR) is 100 cm³/mol. The third kappa shape index (κ3) is 3.06. The number of amides is 1. The number of nitrogens with one attached hydrogen (secondary N) is 3. The highest BCUT2D eigenvalue weighted by molar-refractivity contribution is 7.21. The topological polar surface area (TPSA) is 66.0 Å². The summed E-state index contributed by atoms with van der Waals surface area (Å²) in [4.78, 5) is 16.9. The van der Waals surface area contributed by atoms with E-state index in [1.54, 1.807) is 11.3 Å². The van der Waals surface area contributed by atoms with Gasteiger partial charge in [-0.15, -0.1) is 11.3 Å². The Morgan fingerprint density at radius 3 is 2.75 bits per heavy atom. The Morgan fingerprint density at radius 2 is 2.04 bits per heavy atom. The highest BCUT2D eigenvalue weighted by Gasteiger charge is 2.28. The number of rotatable bonds is 3. The largest absolute Gasteiger partial charge is 0.340 e. The number of carbonyl (C=O) groups excluding carboxylic acids is 1. The summed E-state index contributed by atoms with van der Waals surface area (Å²) in [5.41, 5.74) is 2.87. The first kappa shape index (κ1) is 15.3. The van der Waals surface area contributed by atoms with Crippen LogP contribution in [0.25, 0.3) is 20.8 Å². The van der Waals surface area contributed by atoms with Gasteiger partial charge in [-0.2, -0.15) is 0 Å². The zero-order valence-corrected chi connectivity index (χ0v) is 14.1. The molecule has 0 saturated carbocycles. The fourth-order valence-electron chi connectivity index (χ4n) is 2.80. The van der Waals surface area contributed by atoms with Crippen molar-refractivity contribution in [2.24, 2.45) is 0 Å². The molecule has 0 radical (unpaired) electrons. The molecule has 0 bridgehead atoms. The molecule has 1 amide bonds. The number of benzene rings is 2. The predicted octanol–water partition coefficient (Wildman–Crippen LogP) is 2.58. The van der Waals surface area contributed by atoms with Crippen molar-refractivity contribution in [2.45, 2.75) is 12.9 Å². The first-order valence-corrected chi connectivity index (χ1v) is 8.77. The van der Waals surface area contributed by atoms with Gasteiger partial charge in [0.1, 0.15) is 5.01 Å². The molecule has 1 atom stereocenters. The van der Waals surface area contributed by atoms with E-state index in [0.29, 0.717) is 6.54 Å². The van der Waals surface area contributed by atoms with Crippen molar-refractivity contribution in [3.63, 3.8) is 0 Å². The monoisotopic (exact) mass is 336 g/mol. The molecule has 0 aliphatic carbocycles. The second kappa shape index (κ2) is 6.35. The molecule has 1 fully saturated rings. The van der Waals surface area contributed by atoms with Gasteiger partial charge in [-0.25, -0.2) is 4.98 Å². The van der Waals surface area contributed by atoms with Gasteiger partial charge in [0.25, 0.3) is 0 Å². The Kier molecular flexibility index (Phi) is 4.06. The number of carbonyl (C=O) groups is 1. The van der Waals surface area contributed by atoms with Gasteiger partial charge in [0.15, 0.2) is 0 Å². The van der Waals surface area contributed by atoms with Gasteiger partial charge < -0.3 is 15.8 Å². The molecular formula is C17H17BN4OS. The van der Waals surface area contributed by atoms with Gasteiger partial charge in [-0.3, -0.25) is 4.79 Å². The summed E-state index contributed by atoms with van der Waals surface area (Å²) in [6.45, 7) is 2.82. The number of anilines is 1. The Morgan fingerprint density at radius 1 is 1.25 bits per heavy atom.